The third kappa shape index (κ3) is 4.77. The van der Waals surface area contributed by atoms with Gasteiger partial charge in [0.2, 0.25) is 0 Å². The normalized spacial score (nSPS) is 14.5. The van der Waals surface area contributed by atoms with Crippen LogP contribution in [0, 0.1) is 10.1 Å². The molecule has 0 N–H and O–H groups in total. The van der Waals surface area contributed by atoms with Gasteiger partial charge in [-0.2, -0.15) is 0 Å². The molecule has 7 heteroatoms. The second-order valence-corrected chi connectivity index (χ2v) is 7.08. The monoisotopic (exact) mass is 400 g/mol. The van der Waals surface area contributed by atoms with Crippen molar-refractivity contribution in [3.05, 3.63) is 74.3 Å². The predicted molar refractivity (Wildman–Crippen MR) is 109 cm³/mol. The van der Waals surface area contributed by atoms with E-state index in [1.807, 2.05) is 6.07 Å². The highest BCUT2D eigenvalue weighted by molar-refractivity contribution is 6.32. The Morgan fingerprint density at radius 1 is 1.25 bits per heavy atom. The molecule has 6 nitrogen and oxygen atoms in total. The van der Waals surface area contributed by atoms with Gasteiger partial charge in [0.05, 0.1) is 12.0 Å². The third-order valence-electron chi connectivity index (χ3n) is 4.75. The van der Waals surface area contributed by atoms with Crippen molar-refractivity contribution in [1.82, 2.24) is 4.90 Å². The lowest BCUT2D eigenvalue weighted by Gasteiger charge is -2.17. The highest BCUT2D eigenvalue weighted by Crippen LogP contribution is 2.26. The predicted octanol–water partition coefficient (Wildman–Crippen LogP) is 4.75. The van der Waals surface area contributed by atoms with E-state index in [9.17, 15) is 14.9 Å². The van der Waals surface area contributed by atoms with Gasteiger partial charge in [-0.3, -0.25) is 19.8 Å². The molecule has 3 rings (SSSR count). The molecule has 0 amide bonds. The lowest BCUT2D eigenvalue weighted by Crippen LogP contribution is -2.19. The van der Waals surface area contributed by atoms with Crippen molar-refractivity contribution in [2.75, 3.05) is 20.2 Å². The van der Waals surface area contributed by atoms with Crippen LogP contribution in [0.25, 0.3) is 6.08 Å². The molecule has 0 atom stereocenters. The molecule has 1 saturated heterocycles. The zero-order valence-corrected chi connectivity index (χ0v) is 16.3. The summed E-state index contributed by atoms with van der Waals surface area (Å²) in [4.78, 5) is 25.4. The molecule has 0 spiro atoms. The maximum Gasteiger partial charge on any atom is 0.288 e. The van der Waals surface area contributed by atoms with E-state index in [0.29, 0.717) is 11.1 Å². The van der Waals surface area contributed by atoms with Crippen LogP contribution in [0.2, 0.25) is 5.02 Å². The molecule has 1 heterocycles. The summed E-state index contributed by atoms with van der Waals surface area (Å²) < 4.78 is 5.43. The minimum absolute atomic E-state index is 0.0650. The summed E-state index contributed by atoms with van der Waals surface area (Å²) >= 11 is 5.82. The topological polar surface area (TPSA) is 72.7 Å². The lowest BCUT2D eigenvalue weighted by atomic mass is 10.0. The van der Waals surface area contributed by atoms with Gasteiger partial charge in [0.25, 0.3) is 5.69 Å². The number of benzene rings is 2. The minimum atomic E-state index is -0.546. The van der Waals surface area contributed by atoms with Crippen LogP contribution in [-0.2, 0) is 6.54 Å². The molecular formula is C21H21ClN2O4. The number of rotatable bonds is 7. The fourth-order valence-corrected chi connectivity index (χ4v) is 3.47. The van der Waals surface area contributed by atoms with Crippen molar-refractivity contribution < 1.29 is 14.5 Å². The maximum atomic E-state index is 12.6. The van der Waals surface area contributed by atoms with E-state index in [1.165, 1.54) is 31.1 Å². The Balaban J connectivity index is 1.79. The zero-order valence-electron chi connectivity index (χ0n) is 15.6. The molecule has 1 aliphatic rings. The van der Waals surface area contributed by atoms with E-state index in [0.717, 1.165) is 30.9 Å². The lowest BCUT2D eigenvalue weighted by molar-refractivity contribution is -0.384. The number of hydrogen-bond acceptors (Lipinski definition) is 5. The highest BCUT2D eigenvalue weighted by Gasteiger charge is 2.16. The molecule has 1 fully saturated rings. The van der Waals surface area contributed by atoms with Crippen LogP contribution >= 0.6 is 11.6 Å². The van der Waals surface area contributed by atoms with E-state index in [1.54, 1.807) is 31.4 Å². The van der Waals surface area contributed by atoms with Gasteiger partial charge < -0.3 is 4.74 Å². The number of ketones is 1. The Morgan fingerprint density at radius 2 is 2.00 bits per heavy atom. The van der Waals surface area contributed by atoms with E-state index >= 15 is 0 Å². The van der Waals surface area contributed by atoms with Gasteiger partial charge in [0.15, 0.2) is 5.78 Å². The molecule has 0 aliphatic carbocycles. The molecule has 0 aromatic heterocycles. The maximum absolute atomic E-state index is 12.6. The van der Waals surface area contributed by atoms with Crippen molar-refractivity contribution in [2.24, 2.45) is 0 Å². The number of nitro benzene ring substituents is 1. The summed E-state index contributed by atoms with van der Waals surface area (Å²) in [5, 5.41) is 11.1. The van der Waals surface area contributed by atoms with Gasteiger partial charge in [0, 0.05) is 23.7 Å². The van der Waals surface area contributed by atoms with Gasteiger partial charge in [0.1, 0.15) is 10.8 Å². The van der Waals surface area contributed by atoms with Crippen molar-refractivity contribution in [2.45, 2.75) is 19.4 Å². The molecular weight excluding hydrogens is 380 g/mol. The summed E-state index contributed by atoms with van der Waals surface area (Å²) in [5.74, 6) is 0.587. The SMILES string of the molecule is COc1ccc(C(=O)/C=C/c2ccc(Cl)c([N+](=O)[O-])c2)cc1CN1CCCC1. The van der Waals surface area contributed by atoms with Crippen LogP contribution in [0.5, 0.6) is 5.75 Å². The summed E-state index contributed by atoms with van der Waals surface area (Å²) in [6.07, 6.45) is 5.35. The first-order valence-corrected chi connectivity index (χ1v) is 9.41. The van der Waals surface area contributed by atoms with Gasteiger partial charge in [-0.05, 0) is 61.8 Å². The van der Waals surface area contributed by atoms with Crippen molar-refractivity contribution in [3.8, 4) is 5.75 Å². The van der Waals surface area contributed by atoms with Gasteiger partial charge in [-0.25, -0.2) is 0 Å². The fourth-order valence-electron chi connectivity index (χ4n) is 3.28. The largest absolute Gasteiger partial charge is 0.496 e. The van der Waals surface area contributed by atoms with Crippen LogP contribution < -0.4 is 4.74 Å². The zero-order chi connectivity index (χ0) is 20.1. The molecule has 0 bridgehead atoms. The van der Waals surface area contributed by atoms with Gasteiger partial charge >= 0.3 is 0 Å². The third-order valence-corrected chi connectivity index (χ3v) is 5.07. The Hall–Kier alpha value is -2.70. The first kappa shape index (κ1) is 20.0. The Morgan fingerprint density at radius 3 is 2.68 bits per heavy atom. The average Bonchev–Trinajstić information content (AvgIpc) is 3.20. The van der Waals surface area contributed by atoms with Crippen LogP contribution in [0.4, 0.5) is 5.69 Å². The summed E-state index contributed by atoms with van der Waals surface area (Å²) in [6.45, 7) is 2.85. The first-order valence-electron chi connectivity index (χ1n) is 9.03. The second kappa shape index (κ2) is 8.99. The molecule has 2 aromatic carbocycles. The van der Waals surface area contributed by atoms with Crippen molar-refractivity contribution in [3.63, 3.8) is 0 Å². The molecule has 1 aliphatic heterocycles. The number of likely N-dealkylation sites (tertiary alicyclic amines) is 1. The average molecular weight is 401 g/mol. The second-order valence-electron chi connectivity index (χ2n) is 6.68. The number of halogens is 1. The van der Waals surface area contributed by atoms with E-state index < -0.39 is 4.92 Å². The quantitative estimate of drug-likeness (QED) is 0.290. The van der Waals surface area contributed by atoms with Crippen molar-refractivity contribution in [1.29, 1.82) is 0 Å². The Kier molecular flexibility index (Phi) is 6.44. The van der Waals surface area contributed by atoms with Gasteiger partial charge in [-0.15, -0.1) is 0 Å². The summed E-state index contributed by atoms with van der Waals surface area (Å²) in [7, 11) is 1.62. The van der Waals surface area contributed by atoms with Crippen molar-refractivity contribution >= 4 is 29.1 Å². The van der Waals surface area contributed by atoms with Crippen LogP contribution in [0.1, 0.15) is 34.3 Å². The van der Waals surface area contributed by atoms with E-state index in [-0.39, 0.29) is 16.5 Å². The van der Waals surface area contributed by atoms with Crippen LogP contribution in [-0.4, -0.2) is 35.8 Å². The number of nitro groups is 1. The molecule has 28 heavy (non-hydrogen) atoms. The minimum Gasteiger partial charge on any atom is -0.496 e. The summed E-state index contributed by atoms with van der Waals surface area (Å²) in [6, 6.07) is 9.81. The first-order chi connectivity index (χ1) is 13.5. The van der Waals surface area contributed by atoms with E-state index in [4.69, 9.17) is 16.3 Å². The number of nitrogens with zero attached hydrogens (tertiary/aromatic N) is 2. The molecule has 2 aromatic rings. The number of methoxy groups -OCH3 is 1. The molecule has 146 valence electrons. The number of hydrogen-bond donors (Lipinski definition) is 0. The Bertz CT molecular complexity index is 921. The summed E-state index contributed by atoms with van der Waals surface area (Å²) in [5.41, 5.74) is 1.88. The number of carbonyl (C=O) groups excluding carboxylic acids is 1. The number of allylic oxidation sites excluding steroid dienone is 1. The van der Waals surface area contributed by atoms with Crippen LogP contribution in [0.15, 0.2) is 42.5 Å². The molecule has 0 saturated carbocycles. The molecule has 0 unspecified atom stereocenters. The smallest absolute Gasteiger partial charge is 0.288 e. The number of carbonyl (C=O) groups is 1. The van der Waals surface area contributed by atoms with Crippen LogP contribution in [0.3, 0.4) is 0 Å². The standard InChI is InChI=1S/C21H21ClN2O4/c1-28-21-9-6-16(13-17(21)14-23-10-2-3-11-23)20(25)8-5-15-4-7-18(22)19(12-15)24(26)27/h4-9,12-13H,2-3,10-11,14H2,1H3/b8-5+. The Labute approximate surface area is 168 Å². The number of ether oxygens (including phenoxy) is 1. The van der Waals surface area contributed by atoms with E-state index in [2.05, 4.69) is 4.90 Å². The molecule has 0 radical (unpaired) electrons. The van der Waals surface area contributed by atoms with Gasteiger partial charge in [-0.1, -0.05) is 23.7 Å². The fraction of sp³-hybridized carbons (Fsp3) is 0.286. The highest BCUT2D eigenvalue weighted by atomic mass is 35.5.